The van der Waals surface area contributed by atoms with Crippen molar-refractivity contribution in [2.45, 2.75) is 82.3 Å². The molecule has 0 spiro atoms. The van der Waals surface area contributed by atoms with Crippen LogP contribution in [0.25, 0.3) is 11.3 Å². The molecule has 11 heteroatoms. The number of anilines is 2. The lowest BCUT2D eigenvalue weighted by Gasteiger charge is -2.35. The summed E-state index contributed by atoms with van der Waals surface area (Å²) in [4.78, 5) is 30.5. The van der Waals surface area contributed by atoms with E-state index >= 15 is 0 Å². The summed E-state index contributed by atoms with van der Waals surface area (Å²) in [6.07, 6.45) is 7.57. The summed E-state index contributed by atoms with van der Waals surface area (Å²) in [6, 6.07) is 3.95. The van der Waals surface area contributed by atoms with Crippen LogP contribution in [0.5, 0.6) is 0 Å². The second-order valence-electron chi connectivity index (χ2n) is 11.8. The topological polar surface area (TPSA) is 79.2 Å². The lowest BCUT2D eigenvalue weighted by atomic mass is 9.92. The lowest BCUT2D eigenvalue weighted by Crippen LogP contribution is -2.40. The Hall–Kier alpha value is -3.47. The van der Waals surface area contributed by atoms with Gasteiger partial charge in [-0.3, -0.25) is 0 Å². The van der Waals surface area contributed by atoms with E-state index in [2.05, 4.69) is 43.6 Å². The minimum atomic E-state index is -2.89. The van der Waals surface area contributed by atoms with Gasteiger partial charge in [0.1, 0.15) is 35.9 Å². The number of nitrogens with zero attached hydrogens (tertiary/aromatic N) is 6. The Kier molecular flexibility index (Phi) is 8.20. The number of aromatic nitrogens is 4. The molecule has 0 aliphatic carbocycles. The number of piperidine rings is 2. The zero-order chi connectivity index (χ0) is 29.4. The van der Waals surface area contributed by atoms with Gasteiger partial charge in [0.2, 0.25) is 0 Å². The van der Waals surface area contributed by atoms with Crippen LogP contribution in [-0.4, -0.2) is 69.5 Å². The number of imidazole rings is 1. The third-order valence-electron chi connectivity index (χ3n) is 9.38. The van der Waals surface area contributed by atoms with E-state index in [0.29, 0.717) is 17.3 Å². The minimum Gasteiger partial charge on any atom is -0.360 e. The first-order valence-corrected chi connectivity index (χ1v) is 15.0. The molecule has 42 heavy (non-hydrogen) atoms. The van der Waals surface area contributed by atoms with Crippen LogP contribution in [0.4, 0.5) is 24.8 Å². The smallest absolute Gasteiger partial charge is 0.266 e. The van der Waals surface area contributed by atoms with Crippen LogP contribution in [-0.2, 0) is 11.3 Å². The minimum absolute atomic E-state index is 0.0363. The molecule has 2 fully saturated rings. The Morgan fingerprint density at radius 3 is 2.64 bits per heavy atom. The molecular formula is C31H38F3N7O. The molecule has 6 rings (SSSR count). The maximum atomic E-state index is 14.1. The van der Waals surface area contributed by atoms with Crippen LogP contribution in [0.1, 0.15) is 80.7 Å². The van der Waals surface area contributed by atoms with Crippen molar-refractivity contribution < 1.29 is 18.0 Å². The fraction of sp³-hybridized carbons (Fsp3) is 0.548. The summed E-state index contributed by atoms with van der Waals surface area (Å²) in [7, 11) is 2.16. The summed E-state index contributed by atoms with van der Waals surface area (Å²) in [6.45, 7) is 5.45. The average Bonchev–Trinajstić information content (AvgIpc) is 3.59. The van der Waals surface area contributed by atoms with Gasteiger partial charge in [0, 0.05) is 54.8 Å². The highest BCUT2D eigenvalue weighted by Gasteiger charge is 2.37. The molecule has 2 unspecified atom stereocenters. The largest absolute Gasteiger partial charge is 0.360 e. The van der Waals surface area contributed by atoms with E-state index in [1.807, 2.05) is 6.20 Å². The summed E-state index contributed by atoms with van der Waals surface area (Å²) in [5.41, 5.74) is 1.52. The third kappa shape index (κ3) is 5.39. The molecular weight excluding hydrogens is 543 g/mol. The van der Waals surface area contributed by atoms with Gasteiger partial charge in [0.15, 0.2) is 0 Å². The lowest BCUT2D eigenvalue weighted by molar-refractivity contribution is -0.108. The van der Waals surface area contributed by atoms with E-state index in [-0.39, 0.29) is 17.9 Å². The molecule has 1 aromatic carbocycles. The van der Waals surface area contributed by atoms with Crippen molar-refractivity contribution in [3.05, 3.63) is 53.5 Å². The first-order valence-electron chi connectivity index (χ1n) is 15.0. The van der Waals surface area contributed by atoms with Gasteiger partial charge in [-0.1, -0.05) is 13.3 Å². The summed E-state index contributed by atoms with van der Waals surface area (Å²) in [5.74, 6) is 1.89. The highest BCUT2D eigenvalue weighted by Crippen LogP contribution is 2.42. The predicted octanol–water partition coefficient (Wildman–Crippen LogP) is 5.77. The van der Waals surface area contributed by atoms with Crippen molar-refractivity contribution in [3.63, 3.8) is 0 Å². The molecule has 1 N–H and O–H groups in total. The Labute approximate surface area is 244 Å². The Morgan fingerprint density at radius 1 is 1.12 bits per heavy atom. The van der Waals surface area contributed by atoms with E-state index in [1.165, 1.54) is 25.0 Å². The molecule has 3 aliphatic rings. The van der Waals surface area contributed by atoms with Crippen LogP contribution in [0.2, 0.25) is 0 Å². The molecule has 224 valence electrons. The van der Waals surface area contributed by atoms with Gasteiger partial charge in [-0.25, -0.2) is 28.1 Å². The van der Waals surface area contributed by atoms with Crippen molar-refractivity contribution >= 4 is 17.9 Å². The van der Waals surface area contributed by atoms with Gasteiger partial charge >= 0.3 is 0 Å². The normalized spacial score (nSPS) is 23.3. The van der Waals surface area contributed by atoms with E-state index < -0.39 is 17.8 Å². The Morgan fingerprint density at radius 2 is 1.93 bits per heavy atom. The van der Waals surface area contributed by atoms with E-state index in [4.69, 9.17) is 4.98 Å². The van der Waals surface area contributed by atoms with Gasteiger partial charge < -0.3 is 24.5 Å². The summed E-state index contributed by atoms with van der Waals surface area (Å²) < 4.78 is 43.3. The average molecular weight is 582 g/mol. The zero-order valence-corrected chi connectivity index (χ0v) is 24.1. The van der Waals surface area contributed by atoms with Gasteiger partial charge in [0.25, 0.3) is 6.43 Å². The van der Waals surface area contributed by atoms with Gasteiger partial charge in [-0.2, -0.15) is 0 Å². The summed E-state index contributed by atoms with van der Waals surface area (Å²) in [5, 5.41) is 3.25. The molecule has 0 amide bonds. The molecule has 3 aliphatic heterocycles. The van der Waals surface area contributed by atoms with Gasteiger partial charge in [0.05, 0.1) is 17.3 Å². The molecule has 0 radical (unpaired) electrons. The molecule has 2 saturated heterocycles. The number of hydrogen-bond donors (Lipinski definition) is 1. The molecule has 3 aromatic rings. The summed E-state index contributed by atoms with van der Waals surface area (Å²) >= 11 is 0. The fourth-order valence-electron chi connectivity index (χ4n) is 6.98. The van der Waals surface area contributed by atoms with Crippen LogP contribution in [0, 0.1) is 5.82 Å². The molecule has 3 atom stereocenters. The second-order valence-corrected chi connectivity index (χ2v) is 11.8. The van der Waals surface area contributed by atoms with Gasteiger partial charge in [-0.05, 0) is 63.9 Å². The first-order chi connectivity index (χ1) is 20.4. The SMILES string of the molecule is CCC1c2c(ncnc2N2CCC(c3nc(-c4ccc(F)c(C(F)F)c4)cn3C[C@H]3CCCCN3C)CC2)NC1C=O. The maximum Gasteiger partial charge on any atom is 0.266 e. The van der Waals surface area contributed by atoms with E-state index in [1.54, 1.807) is 6.33 Å². The van der Waals surface area contributed by atoms with Crippen molar-refractivity contribution in [1.29, 1.82) is 0 Å². The fourth-order valence-corrected chi connectivity index (χ4v) is 6.98. The van der Waals surface area contributed by atoms with Crippen molar-refractivity contribution in [2.75, 3.05) is 36.9 Å². The van der Waals surface area contributed by atoms with E-state index in [9.17, 15) is 18.0 Å². The number of fused-ring (bicyclic) bond motifs is 1. The second kappa shape index (κ2) is 12.0. The number of hydrogen-bond acceptors (Lipinski definition) is 7. The van der Waals surface area contributed by atoms with Crippen LogP contribution < -0.4 is 10.2 Å². The van der Waals surface area contributed by atoms with Crippen molar-refractivity contribution in [1.82, 2.24) is 24.4 Å². The monoisotopic (exact) mass is 581 g/mol. The number of alkyl halides is 2. The maximum absolute atomic E-state index is 14.1. The quantitative estimate of drug-likeness (QED) is 0.338. The molecule has 8 nitrogen and oxygen atoms in total. The molecule has 0 saturated carbocycles. The predicted molar refractivity (Wildman–Crippen MR) is 156 cm³/mol. The Balaban J connectivity index is 1.27. The Bertz CT molecular complexity index is 1420. The first kappa shape index (κ1) is 28.6. The molecule has 0 bridgehead atoms. The highest BCUT2D eigenvalue weighted by molar-refractivity contribution is 5.76. The number of likely N-dealkylation sites (tertiary alicyclic amines) is 1. The third-order valence-corrected chi connectivity index (χ3v) is 9.38. The number of carbonyl (C=O) groups is 1. The van der Waals surface area contributed by atoms with Crippen LogP contribution in [0.15, 0.2) is 30.7 Å². The number of carbonyl (C=O) groups excluding carboxylic acids is 1. The number of aldehydes is 1. The van der Waals surface area contributed by atoms with E-state index in [0.717, 1.165) is 87.2 Å². The van der Waals surface area contributed by atoms with Crippen LogP contribution >= 0.6 is 0 Å². The van der Waals surface area contributed by atoms with Crippen LogP contribution in [0.3, 0.4) is 0 Å². The van der Waals surface area contributed by atoms with Crippen molar-refractivity contribution in [3.8, 4) is 11.3 Å². The highest BCUT2D eigenvalue weighted by atomic mass is 19.3. The molecule has 2 aromatic heterocycles. The number of rotatable bonds is 8. The number of likely N-dealkylation sites (N-methyl/N-ethyl adjacent to an activating group) is 1. The van der Waals surface area contributed by atoms with Gasteiger partial charge in [-0.15, -0.1) is 0 Å². The number of benzene rings is 1. The van der Waals surface area contributed by atoms with Crippen molar-refractivity contribution in [2.24, 2.45) is 0 Å². The number of nitrogens with one attached hydrogen (secondary N) is 1. The number of halogens is 3. The molecule has 5 heterocycles. The standard InChI is InChI=1S/C31H38F3N7O/c1-3-22-26(17-42)37-29-27(22)31(36-18-35-29)40-12-9-19(10-13-40)30-38-25(20-7-8-24(32)23(14-20)28(33)34)16-41(30)15-21-6-4-5-11-39(21)2/h7-8,14,16-19,21-22,26,28H,3-6,9-13,15H2,1-2H3,(H,35,36,37)/t21-,22?,26?/m1/s1. The zero-order valence-electron chi connectivity index (χ0n) is 24.1.